The van der Waals surface area contributed by atoms with E-state index in [0.717, 1.165) is 12.1 Å². The number of halogens is 7. The third kappa shape index (κ3) is 3.50. The lowest BCUT2D eigenvalue weighted by Crippen LogP contribution is -2.59. The summed E-state index contributed by atoms with van der Waals surface area (Å²) in [6, 6.07) is 6.39. The van der Waals surface area contributed by atoms with Gasteiger partial charge in [0.25, 0.3) is 5.91 Å². The Morgan fingerprint density at radius 1 is 1.14 bits per heavy atom. The molecule has 0 aliphatic heterocycles. The van der Waals surface area contributed by atoms with E-state index in [-0.39, 0.29) is 5.56 Å². The van der Waals surface area contributed by atoms with Gasteiger partial charge in [-0.25, -0.2) is 0 Å². The Labute approximate surface area is 128 Å². The maximum atomic E-state index is 13.6. The number of nitrogens with zero attached hydrogens (tertiary/aromatic N) is 1. The van der Waals surface area contributed by atoms with Gasteiger partial charge >= 0.3 is 18.0 Å². The molecule has 2 unspecified atom stereocenters. The smallest absolute Gasteiger partial charge is 0.340 e. The summed E-state index contributed by atoms with van der Waals surface area (Å²) in [5, 5.41) is 0. The average molecular weight is 336 g/mol. The molecule has 1 amide bonds. The van der Waals surface area contributed by atoms with E-state index in [2.05, 4.69) is 0 Å². The van der Waals surface area contributed by atoms with Gasteiger partial charge in [-0.3, -0.25) is 4.79 Å². The Balaban J connectivity index is 3.38. The fraction of sp³-hybridized carbons (Fsp3) is 0.462. The molecule has 2 nitrogen and oxygen atoms in total. The summed E-state index contributed by atoms with van der Waals surface area (Å²) in [6.07, 6.45) is -8.89. The van der Waals surface area contributed by atoms with Crippen molar-refractivity contribution < 1.29 is 42.4 Å². The molecule has 0 radical (unpaired) electrons. The molecule has 0 N–H and O–H groups in total. The molecule has 124 valence electrons. The molecule has 9 heteroatoms. The Kier molecular flexibility index (Phi) is 3.27. The SMILES string of the molecule is [2H]C(c1ccccc1)C([2H])N(C(=O)C(F)(F)C(F)(F)C(F)(F)F)C([2H])([2H])[2H]. The van der Waals surface area contributed by atoms with Gasteiger partial charge in [-0.2, -0.15) is 30.7 Å². The highest BCUT2D eigenvalue weighted by Gasteiger charge is 2.76. The number of carbonyl (C=O) groups is 1. The van der Waals surface area contributed by atoms with Crippen molar-refractivity contribution in [3.63, 3.8) is 0 Å². The van der Waals surface area contributed by atoms with E-state index in [1.165, 1.54) is 18.2 Å². The molecule has 0 saturated heterocycles. The molecular formula is C13H12F7NO. The summed E-state index contributed by atoms with van der Waals surface area (Å²) in [6.45, 7) is -6.70. The fourth-order valence-corrected chi connectivity index (χ4v) is 1.26. The van der Waals surface area contributed by atoms with Crippen molar-refractivity contribution in [2.24, 2.45) is 0 Å². The number of rotatable bonds is 5. The third-order valence-corrected chi connectivity index (χ3v) is 2.45. The van der Waals surface area contributed by atoms with Crippen LogP contribution in [-0.4, -0.2) is 42.3 Å². The van der Waals surface area contributed by atoms with Crippen LogP contribution in [0, 0.1) is 0 Å². The molecule has 1 aromatic carbocycles. The van der Waals surface area contributed by atoms with Crippen molar-refractivity contribution in [3.8, 4) is 0 Å². The van der Waals surface area contributed by atoms with Crippen LogP contribution in [0.4, 0.5) is 30.7 Å². The molecule has 0 aliphatic carbocycles. The van der Waals surface area contributed by atoms with Gasteiger partial charge in [0.1, 0.15) is 0 Å². The van der Waals surface area contributed by atoms with Gasteiger partial charge < -0.3 is 4.90 Å². The molecular weight excluding hydrogens is 319 g/mol. The van der Waals surface area contributed by atoms with E-state index >= 15 is 0 Å². The largest absolute Gasteiger partial charge is 0.460 e. The van der Waals surface area contributed by atoms with Crippen LogP contribution in [0.5, 0.6) is 0 Å². The molecule has 0 aromatic heterocycles. The third-order valence-electron chi connectivity index (χ3n) is 2.45. The number of carbonyl (C=O) groups excluding carboxylic acids is 1. The number of benzene rings is 1. The van der Waals surface area contributed by atoms with Gasteiger partial charge in [-0.1, -0.05) is 30.3 Å². The lowest BCUT2D eigenvalue weighted by atomic mass is 10.1. The maximum absolute atomic E-state index is 13.6. The van der Waals surface area contributed by atoms with Crippen LogP contribution in [-0.2, 0) is 11.2 Å². The minimum Gasteiger partial charge on any atom is -0.340 e. The van der Waals surface area contributed by atoms with Crippen LogP contribution in [0.2, 0.25) is 0 Å². The molecule has 0 spiro atoms. The maximum Gasteiger partial charge on any atom is 0.460 e. The summed E-state index contributed by atoms with van der Waals surface area (Å²) in [4.78, 5) is 10.6. The van der Waals surface area contributed by atoms with Crippen molar-refractivity contribution in [1.29, 1.82) is 0 Å². The molecule has 0 heterocycles. The van der Waals surface area contributed by atoms with Crippen LogP contribution >= 0.6 is 0 Å². The van der Waals surface area contributed by atoms with Crippen molar-refractivity contribution in [2.45, 2.75) is 24.4 Å². The summed E-state index contributed by atoms with van der Waals surface area (Å²) in [7, 11) is 0. The number of hydrogen-bond donors (Lipinski definition) is 0. The van der Waals surface area contributed by atoms with Crippen LogP contribution < -0.4 is 0 Å². The number of hydrogen-bond acceptors (Lipinski definition) is 1. The van der Waals surface area contributed by atoms with Crippen LogP contribution in [0.3, 0.4) is 0 Å². The summed E-state index contributed by atoms with van der Waals surface area (Å²) < 4.78 is 127. The number of aryl methyl sites for hydroxylation is 1. The molecule has 0 saturated carbocycles. The Morgan fingerprint density at radius 3 is 2.14 bits per heavy atom. The molecule has 0 aliphatic rings. The summed E-state index contributed by atoms with van der Waals surface area (Å²) in [5.41, 5.74) is -0.148. The summed E-state index contributed by atoms with van der Waals surface area (Å²) in [5.74, 6) is -16.8. The quantitative estimate of drug-likeness (QED) is 0.754. The molecule has 0 bridgehead atoms. The standard InChI is InChI=1S/C13H12F7NO/c1-21(8-7-9-5-3-2-4-6-9)10(22)11(14,15)12(16,17)13(18,19)20/h2-6H,7-8H2,1H3/i1D3,7D,8D. The first-order valence-corrected chi connectivity index (χ1v) is 5.52. The number of alkyl halides is 7. The predicted molar refractivity (Wildman–Crippen MR) is 63.7 cm³/mol. The Bertz CT molecular complexity index is 665. The van der Waals surface area contributed by atoms with Gasteiger partial charge in [0.2, 0.25) is 0 Å². The highest BCUT2D eigenvalue weighted by Crippen LogP contribution is 2.47. The molecule has 1 aromatic rings. The first kappa shape index (κ1) is 11.7. The van der Waals surface area contributed by atoms with Crippen molar-refractivity contribution in [3.05, 3.63) is 35.9 Å². The van der Waals surface area contributed by atoms with E-state index in [0.29, 0.717) is 0 Å². The van der Waals surface area contributed by atoms with Gasteiger partial charge in [0.05, 0.1) is 0 Å². The predicted octanol–water partition coefficient (Wildman–Crippen LogP) is 3.52. The van der Waals surface area contributed by atoms with Crippen molar-refractivity contribution in [1.82, 2.24) is 4.90 Å². The zero-order valence-electron chi connectivity index (χ0n) is 15.5. The first-order valence-electron chi connectivity index (χ1n) is 8.17. The van der Waals surface area contributed by atoms with Gasteiger partial charge in [0, 0.05) is 20.4 Å². The molecule has 0 fully saturated rings. The highest BCUT2D eigenvalue weighted by molar-refractivity contribution is 5.84. The first-order chi connectivity index (χ1) is 12.0. The van der Waals surface area contributed by atoms with Gasteiger partial charge in [-0.15, -0.1) is 0 Å². The van der Waals surface area contributed by atoms with E-state index < -0.39 is 48.7 Å². The lowest BCUT2D eigenvalue weighted by molar-refractivity contribution is -0.345. The zero-order valence-corrected chi connectivity index (χ0v) is 10.5. The van der Waals surface area contributed by atoms with E-state index in [4.69, 9.17) is 6.85 Å². The van der Waals surface area contributed by atoms with Crippen LogP contribution in [0.15, 0.2) is 30.3 Å². The molecule has 2 atom stereocenters. The van der Waals surface area contributed by atoms with Crippen molar-refractivity contribution in [2.75, 3.05) is 13.5 Å². The van der Waals surface area contributed by atoms with Gasteiger partial charge in [0.15, 0.2) is 0 Å². The monoisotopic (exact) mass is 336 g/mol. The second kappa shape index (κ2) is 6.13. The Hall–Kier alpha value is -1.80. The van der Waals surface area contributed by atoms with Crippen LogP contribution in [0.25, 0.3) is 0 Å². The number of amides is 1. The Morgan fingerprint density at radius 2 is 1.68 bits per heavy atom. The highest BCUT2D eigenvalue weighted by atomic mass is 19.4. The van der Waals surface area contributed by atoms with Crippen molar-refractivity contribution >= 4 is 5.91 Å². The minimum atomic E-state index is -6.88. The van der Waals surface area contributed by atoms with Gasteiger partial charge in [-0.05, 0) is 12.0 Å². The lowest BCUT2D eigenvalue weighted by Gasteiger charge is -2.30. The topological polar surface area (TPSA) is 20.3 Å². The van der Waals surface area contributed by atoms with Crippen LogP contribution in [0.1, 0.15) is 12.4 Å². The normalized spacial score (nSPS) is 19.9. The second-order valence-electron chi connectivity index (χ2n) is 4.05. The summed E-state index contributed by atoms with van der Waals surface area (Å²) >= 11 is 0. The average Bonchev–Trinajstić information content (AvgIpc) is 2.52. The zero-order chi connectivity index (χ0) is 21.4. The van der Waals surface area contributed by atoms with E-state index in [9.17, 15) is 35.5 Å². The minimum absolute atomic E-state index is 0.148. The second-order valence-corrected chi connectivity index (χ2v) is 4.05. The van der Waals surface area contributed by atoms with E-state index in [1.54, 1.807) is 0 Å². The van der Waals surface area contributed by atoms with E-state index in [1.807, 2.05) is 0 Å². The molecule has 1 rings (SSSR count). The fourth-order valence-electron chi connectivity index (χ4n) is 1.26. The molecule has 22 heavy (non-hydrogen) atoms. The number of likely N-dealkylation sites (N-methyl/N-ethyl adjacent to an activating group) is 1.